The molecular weight excluding hydrogens is 244 g/mol. The van der Waals surface area contributed by atoms with Crippen LogP contribution in [0.4, 0.5) is 0 Å². The van der Waals surface area contributed by atoms with Crippen molar-refractivity contribution in [1.82, 2.24) is 4.90 Å². The molecule has 1 aliphatic heterocycles. The Morgan fingerprint density at radius 1 is 1.05 bits per heavy atom. The zero-order valence-electron chi connectivity index (χ0n) is 12.6. The number of hydrogen-bond acceptors (Lipinski definition) is 2. The second-order valence-electron chi connectivity index (χ2n) is 6.76. The molecule has 0 amide bonds. The van der Waals surface area contributed by atoms with E-state index in [0.717, 1.165) is 12.5 Å². The van der Waals surface area contributed by atoms with E-state index in [1.54, 1.807) is 0 Å². The summed E-state index contributed by atoms with van der Waals surface area (Å²) in [7, 11) is 0. The van der Waals surface area contributed by atoms with Crippen LogP contribution >= 0.6 is 0 Å². The summed E-state index contributed by atoms with van der Waals surface area (Å²) in [4.78, 5) is 2.72. The lowest BCUT2D eigenvalue weighted by molar-refractivity contribution is 0.0590. The molecule has 20 heavy (non-hydrogen) atoms. The first kappa shape index (κ1) is 14.1. The summed E-state index contributed by atoms with van der Waals surface area (Å²) in [5.41, 5.74) is 7.98. The van der Waals surface area contributed by atoms with Crippen LogP contribution in [-0.4, -0.2) is 30.1 Å². The predicted molar refractivity (Wildman–Crippen MR) is 84.7 cm³/mol. The standard InChI is InChI=1S/C18H28N2/c19-15-18(10-4-5-11-18)20-12-8-17(9-13-20)14-16-6-2-1-3-7-16/h1-3,6-7,17H,4-5,8-15,19H2. The fourth-order valence-corrected chi connectivity index (χ4v) is 4.24. The molecule has 2 nitrogen and oxygen atoms in total. The summed E-state index contributed by atoms with van der Waals surface area (Å²) < 4.78 is 0. The fourth-order valence-electron chi connectivity index (χ4n) is 4.24. The monoisotopic (exact) mass is 272 g/mol. The highest BCUT2D eigenvalue weighted by molar-refractivity contribution is 5.15. The summed E-state index contributed by atoms with van der Waals surface area (Å²) in [6.45, 7) is 3.37. The van der Waals surface area contributed by atoms with Crippen molar-refractivity contribution in [2.24, 2.45) is 11.7 Å². The normalized spacial score (nSPS) is 24.1. The van der Waals surface area contributed by atoms with Gasteiger partial charge in [-0.15, -0.1) is 0 Å². The van der Waals surface area contributed by atoms with E-state index >= 15 is 0 Å². The van der Waals surface area contributed by atoms with Gasteiger partial charge >= 0.3 is 0 Å². The number of piperidine rings is 1. The molecule has 3 rings (SSSR count). The SMILES string of the molecule is NCC1(N2CCC(Cc3ccccc3)CC2)CCCC1. The number of nitrogens with zero attached hydrogens (tertiary/aromatic N) is 1. The third-order valence-electron chi connectivity index (χ3n) is 5.57. The first-order valence-electron chi connectivity index (χ1n) is 8.31. The third kappa shape index (κ3) is 2.91. The second kappa shape index (κ2) is 6.28. The quantitative estimate of drug-likeness (QED) is 0.912. The highest BCUT2D eigenvalue weighted by atomic mass is 15.2. The Labute approximate surface area is 123 Å². The smallest absolute Gasteiger partial charge is 0.0331 e. The van der Waals surface area contributed by atoms with Crippen molar-refractivity contribution in [2.75, 3.05) is 19.6 Å². The summed E-state index contributed by atoms with van der Waals surface area (Å²) >= 11 is 0. The lowest BCUT2D eigenvalue weighted by Crippen LogP contribution is -2.54. The van der Waals surface area contributed by atoms with Gasteiger partial charge in [0.25, 0.3) is 0 Å². The summed E-state index contributed by atoms with van der Waals surface area (Å²) in [5, 5.41) is 0. The lowest BCUT2D eigenvalue weighted by atomic mass is 9.86. The molecule has 2 heteroatoms. The maximum atomic E-state index is 6.12. The number of rotatable bonds is 4. The van der Waals surface area contributed by atoms with Crippen molar-refractivity contribution in [3.63, 3.8) is 0 Å². The van der Waals surface area contributed by atoms with Crippen molar-refractivity contribution in [3.05, 3.63) is 35.9 Å². The molecule has 2 aliphatic rings. The topological polar surface area (TPSA) is 29.3 Å². The van der Waals surface area contributed by atoms with Crippen LogP contribution in [0.25, 0.3) is 0 Å². The van der Waals surface area contributed by atoms with Gasteiger partial charge in [0.2, 0.25) is 0 Å². The molecule has 0 spiro atoms. The molecule has 1 saturated heterocycles. The van der Waals surface area contributed by atoms with Crippen molar-refractivity contribution in [3.8, 4) is 0 Å². The third-order valence-corrected chi connectivity index (χ3v) is 5.57. The van der Waals surface area contributed by atoms with Gasteiger partial charge in [0, 0.05) is 12.1 Å². The summed E-state index contributed by atoms with van der Waals surface area (Å²) in [6.07, 6.45) is 9.35. The van der Waals surface area contributed by atoms with E-state index in [-0.39, 0.29) is 0 Å². The molecule has 0 bridgehead atoms. The molecule has 110 valence electrons. The Hall–Kier alpha value is -0.860. The lowest BCUT2D eigenvalue weighted by Gasteiger charge is -2.44. The molecule has 2 fully saturated rings. The molecule has 1 aliphatic carbocycles. The van der Waals surface area contributed by atoms with Gasteiger partial charge in [-0.1, -0.05) is 43.2 Å². The predicted octanol–water partition coefficient (Wildman–Crippen LogP) is 3.21. The van der Waals surface area contributed by atoms with Crippen molar-refractivity contribution in [1.29, 1.82) is 0 Å². The molecule has 1 saturated carbocycles. The molecule has 2 N–H and O–H groups in total. The van der Waals surface area contributed by atoms with Gasteiger partial charge < -0.3 is 5.73 Å². The van der Waals surface area contributed by atoms with Crippen LogP contribution in [0.5, 0.6) is 0 Å². The maximum Gasteiger partial charge on any atom is 0.0331 e. The minimum Gasteiger partial charge on any atom is -0.329 e. The summed E-state index contributed by atoms with van der Waals surface area (Å²) in [5.74, 6) is 0.866. The fraction of sp³-hybridized carbons (Fsp3) is 0.667. The first-order chi connectivity index (χ1) is 9.82. The van der Waals surface area contributed by atoms with Gasteiger partial charge in [-0.3, -0.25) is 4.90 Å². The Morgan fingerprint density at radius 3 is 2.30 bits per heavy atom. The number of likely N-dealkylation sites (tertiary alicyclic amines) is 1. The van der Waals surface area contributed by atoms with Crippen molar-refractivity contribution >= 4 is 0 Å². The van der Waals surface area contributed by atoms with E-state index in [4.69, 9.17) is 5.73 Å². The van der Waals surface area contributed by atoms with Crippen molar-refractivity contribution in [2.45, 2.75) is 50.5 Å². The minimum atomic E-state index is 0.359. The van der Waals surface area contributed by atoms with Crippen LogP contribution in [0.3, 0.4) is 0 Å². The van der Waals surface area contributed by atoms with E-state index in [2.05, 4.69) is 35.2 Å². The average molecular weight is 272 g/mol. The largest absolute Gasteiger partial charge is 0.329 e. The molecule has 0 atom stereocenters. The first-order valence-corrected chi connectivity index (χ1v) is 8.31. The van der Waals surface area contributed by atoms with Crippen LogP contribution in [0.1, 0.15) is 44.1 Å². The van der Waals surface area contributed by atoms with Crippen LogP contribution < -0.4 is 5.73 Å². The molecule has 1 aromatic carbocycles. The van der Waals surface area contributed by atoms with Gasteiger partial charge in [0.15, 0.2) is 0 Å². The van der Waals surface area contributed by atoms with Gasteiger partial charge in [0.05, 0.1) is 0 Å². The molecule has 0 aromatic heterocycles. The average Bonchev–Trinajstić information content (AvgIpc) is 2.99. The molecular formula is C18H28N2. The zero-order chi connectivity index (χ0) is 13.8. The van der Waals surface area contributed by atoms with Crippen molar-refractivity contribution < 1.29 is 0 Å². The Kier molecular flexibility index (Phi) is 4.42. The Bertz CT molecular complexity index is 401. The van der Waals surface area contributed by atoms with E-state index in [9.17, 15) is 0 Å². The van der Waals surface area contributed by atoms with Crippen LogP contribution in [0.2, 0.25) is 0 Å². The molecule has 0 radical (unpaired) electrons. The van der Waals surface area contributed by atoms with Gasteiger partial charge in [-0.2, -0.15) is 0 Å². The molecule has 1 aromatic rings. The van der Waals surface area contributed by atoms with E-state index in [1.165, 1.54) is 63.6 Å². The maximum absolute atomic E-state index is 6.12. The summed E-state index contributed by atoms with van der Waals surface area (Å²) in [6, 6.07) is 11.0. The number of benzene rings is 1. The highest BCUT2D eigenvalue weighted by Crippen LogP contribution is 2.37. The van der Waals surface area contributed by atoms with Crippen LogP contribution in [-0.2, 0) is 6.42 Å². The van der Waals surface area contributed by atoms with E-state index < -0.39 is 0 Å². The highest BCUT2D eigenvalue weighted by Gasteiger charge is 2.39. The van der Waals surface area contributed by atoms with Gasteiger partial charge in [0.1, 0.15) is 0 Å². The van der Waals surface area contributed by atoms with Crippen LogP contribution in [0, 0.1) is 5.92 Å². The van der Waals surface area contributed by atoms with Crippen LogP contribution in [0.15, 0.2) is 30.3 Å². The number of nitrogens with two attached hydrogens (primary N) is 1. The Balaban J connectivity index is 1.54. The number of hydrogen-bond donors (Lipinski definition) is 1. The van der Waals surface area contributed by atoms with E-state index in [0.29, 0.717) is 5.54 Å². The van der Waals surface area contributed by atoms with Gasteiger partial charge in [-0.05, 0) is 56.7 Å². The second-order valence-corrected chi connectivity index (χ2v) is 6.76. The Morgan fingerprint density at radius 2 is 1.70 bits per heavy atom. The minimum absolute atomic E-state index is 0.359. The molecule has 1 heterocycles. The van der Waals surface area contributed by atoms with E-state index in [1.807, 2.05) is 0 Å². The zero-order valence-corrected chi connectivity index (χ0v) is 12.6. The van der Waals surface area contributed by atoms with Gasteiger partial charge in [-0.25, -0.2) is 0 Å². The molecule has 0 unspecified atom stereocenters.